The van der Waals surface area contributed by atoms with Crippen molar-refractivity contribution in [1.82, 2.24) is 0 Å². The molecule has 1 aromatic heterocycles. The van der Waals surface area contributed by atoms with E-state index in [0.29, 0.717) is 17.9 Å². The Labute approximate surface area is 136 Å². The number of hydrogen-bond donors (Lipinski definition) is 1. The van der Waals surface area contributed by atoms with Gasteiger partial charge in [0.25, 0.3) is 5.91 Å². The average Bonchev–Trinajstić information content (AvgIpc) is 2.95. The minimum absolute atomic E-state index is 0.274. The molecule has 5 heteroatoms. The first-order valence-electron chi connectivity index (χ1n) is 6.89. The van der Waals surface area contributed by atoms with Crippen LogP contribution in [-0.4, -0.2) is 12.5 Å². The molecule has 0 unspecified atom stereocenters. The Kier molecular flexibility index (Phi) is 4.15. The molecule has 1 N–H and O–H groups in total. The summed E-state index contributed by atoms with van der Waals surface area (Å²) in [6, 6.07) is 14.6. The number of benzene rings is 2. The van der Waals surface area contributed by atoms with Gasteiger partial charge in [-0.1, -0.05) is 12.1 Å². The van der Waals surface area contributed by atoms with E-state index in [1.165, 1.54) is 0 Å². The summed E-state index contributed by atoms with van der Waals surface area (Å²) in [6.07, 6.45) is 0. The number of rotatable bonds is 4. The molecule has 1 amide bonds. The largest absolute Gasteiger partial charge is 0.494 e. The molecule has 2 aromatic carbocycles. The molecule has 1 heterocycles. The van der Waals surface area contributed by atoms with E-state index in [9.17, 15) is 4.79 Å². The summed E-state index contributed by atoms with van der Waals surface area (Å²) in [4.78, 5) is 12.3. The zero-order chi connectivity index (χ0) is 15.5. The predicted octanol–water partition coefficient (Wildman–Crippen LogP) is 4.85. The van der Waals surface area contributed by atoms with Gasteiger partial charge in [-0.3, -0.25) is 4.79 Å². The van der Waals surface area contributed by atoms with E-state index in [-0.39, 0.29) is 11.7 Å². The van der Waals surface area contributed by atoms with Gasteiger partial charge in [0.05, 0.1) is 11.1 Å². The van der Waals surface area contributed by atoms with Gasteiger partial charge in [0.1, 0.15) is 11.3 Å². The van der Waals surface area contributed by atoms with Crippen molar-refractivity contribution in [3.8, 4) is 5.75 Å². The highest BCUT2D eigenvalue weighted by atomic mass is 79.9. The molecule has 3 rings (SSSR count). The van der Waals surface area contributed by atoms with Crippen molar-refractivity contribution in [3.63, 3.8) is 0 Å². The SMILES string of the molecule is CCOc1ccc(NC(=O)c2cc3cccc(Br)c3o2)cc1. The molecule has 0 aliphatic carbocycles. The Hall–Kier alpha value is -2.27. The third kappa shape index (κ3) is 2.99. The molecule has 4 nitrogen and oxygen atoms in total. The molecule has 0 radical (unpaired) electrons. The van der Waals surface area contributed by atoms with E-state index in [0.717, 1.165) is 15.6 Å². The van der Waals surface area contributed by atoms with Gasteiger partial charge in [0, 0.05) is 11.1 Å². The third-order valence-electron chi connectivity index (χ3n) is 3.14. The van der Waals surface area contributed by atoms with Gasteiger partial charge in [-0.15, -0.1) is 0 Å². The zero-order valence-electron chi connectivity index (χ0n) is 11.9. The third-order valence-corrected chi connectivity index (χ3v) is 3.77. The molecule has 0 saturated heterocycles. The fraction of sp³-hybridized carbons (Fsp3) is 0.118. The van der Waals surface area contributed by atoms with E-state index in [1.54, 1.807) is 18.2 Å². The Balaban J connectivity index is 1.79. The first-order valence-corrected chi connectivity index (χ1v) is 7.69. The van der Waals surface area contributed by atoms with Crippen LogP contribution in [0.4, 0.5) is 5.69 Å². The molecule has 22 heavy (non-hydrogen) atoms. The minimum Gasteiger partial charge on any atom is -0.494 e. The molecular weight excluding hydrogens is 346 g/mol. The molecule has 0 fully saturated rings. The van der Waals surface area contributed by atoms with Crippen LogP contribution in [-0.2, 0) is 0 Å². The molecule has 0 aliphatic heterocycles. The van der Waals surface area contributed by atoms with Crippen LogP contribution in [0.1, 0.15) is 17.5 Å². The van der Waals surface area contributed by atoms with Crippen molar-refractivity contribution < 1.29 is 13.9 Å². The van der Waals surface area contributed by atoms with Crippen molar-refractivity contribution >= 4 is 38.5 Å². The highest BCUT2D eigenvalue weighted by molar-refractivity contribution is 9.10. The average molecular weight is 360 g/mol. The van der Waals surface area contributed by atoms with Crippen molar-refractivity contribution in [2.75, 3.05) is 11.9 Å². The second kappa shape index (κ2) is 6.23. The Bertz CT molecular complexity index is 808. The van der Waals surface area contributed by atoms with Gasteiger partial charge >= 0.3 is 0 Å². The maximum absolute atomic E-state index is 12.3. The summed E-state index contributed by atoms with van der Waals surface area (Å²) in [5.41, 5.74) is 1.35. The van der Waals surface area contributed by atoms with Crippen LogP contribution >= 0.6 is 15.9 Å². The zero-order valence-corrected chi connectivity index (χ0v) is 13.5. The van der Waals surface area contributed by atoms with Gasteiger partial charge in [-0.25, -0.2) is 0 Å². The lowest BCUT2D eigenvalue weighted by Gasteiger charge is -2.05. The molecule has 3 aromatic rings. The summed E-state index contributed by atoms with van der Waals surface area (Å²) < 4.78 is 11.8. The van der Waals surface area contributed by atoms with Gasteiger partial charge in [-0.05, 0) is 59.3 Å². The standard InChI is InChI=1S/C17H14BrNO3/c1-2-21-13-8-6-12(7-9-13)19-17(20)15-10-11-4-3-5-14(18)16(11)22-15/h3-10H,2H2,1H3,(H,19,20). The van der Waals surface area contributed by atoms with Crippen molar-refractivity contribution in [2.24, 2.45) is 0 Å². The molecule has 0 saturated carbocycles. The van der Waals surface area contributed by atoms with Crippen molar-refractivity contribution in [2.45, 2.75) is 6.92 Å². The van der Waals surface area contributed by atoms with Crippen LogP contribution in [0.25, 0.3) is 11.0 Å². The number of para-hydroxylation sites is 1. The topological polar surface area (TPSA) is 51.5 Å². The number of anilines is 1. The van der Waals surface area contributed by atoms with Gasteiger partial charge in [0.2, 0.25) is 0 Å². The lowest BCUT2D eigenvalue weighted by molar-refractivity contribution is 0.0998. The lowest BCUT2D eigenvalue weighted by Crippen LogP contribution is -2.10. The van der Waals surface area contributed by atoms with E-state index in [4.69, 9.17) is 9.15 Å². The summed E-state index contributed by atoms with van der Waals surface area (Å²) >= 11 is 3.41. The van der Waals surface area contributed by atoms with Crippen LogP contribution in [0.3, 0.4) is 0 Å². The van der Waals surface area contributed by atoms with Crippen LogP contribution in [0.2, 0.25) is 0 Å². The summed E-state index contributed by atoms with van der Waals surface area (Å²) in [7, 11) is 0. The number of carbonyl (C=O) groups is 1. The highest BCUT2D eigenvalue weighted by Gasteiger charge is 2.13. The summed E-state index contributed by atoms with van der Waals surface area (Å²) in [5.74, 6) is 0.760. The number of nitrogens with one attached hydrogen (secondary N) is 1. The summed E-state index contributed by atoms with van der Waals surface area (Å²) in [5, 5.41) is 3.69. The number of halogens is 1. The Morgan fingerprint density at radius 1 is 1.23 bits per heavy atom. The minimum atomic E-state index is -0.285. The molecular formula is C17H14BrNO3. The number of amides is 1. The quantitative estimate of drug-likeness (QED) is 0.724. The Morgan fingerprint density at radius 3 is 2.68 bits per heavy atom. The molecule has 0 atom stereocenters. The predicted molar refractivity (Wildman–Crippen MR) is 89.5 cm³/mol. The highest BCUT2D eigenvalue weighted by Crippen LogP contribution is 2.27. The van der Waals surface area contributed by atoms with Gasteiger partial charge in [-0.2, -0.15) is 0 Å². The fourth-order valence-electron chi connectivity index (χ4n) is 2.13. The summed E-state index contributed by atoms with van der Waals surface area (Å²) in [6.45, 7) is 2.54. The monoisotopic (exact) mass is 359 g/mol. The maximum atomic E-state index is 12.3. The fourth-order valence-corrected chi connectivity index (χ4v) is 2.60. The number of ether oxygens (including phenoxy) is 1. The molecule has 0 bridgehead atoms. The number of hydrogen-bond acceptors (Lipinski definition) is 3. The number of furan rings is 1. The van der Waals surface area contributed by atoms with Crippen molar-refractivity contribution in [3.05, 3.63) is 58.8 Å². The number of carbonyl (C=O) groups excluding carboxylic acids is 1. The van der Waals surface area contributed by atoms with Gasteiger partial charge < -0.3 is 14.5 Å². The smallest absolute Gasteiger partial charge is 0.291 e. The number of fused-ring (bicyclic) bond motifs is 1. The van der Waals surface area contributed by atoms with Crippen molar-refractivity contribution in [1.29, 1.82) is 0 Å². The normalized spacial score (nSPS) is 10.6. The molecule has 112 valence electrons. The van der Waals surface area contributed by atoms with E-state index >= 15 is 0 Å². The first-order chi connectivity index (χ1) is 10.7. The first kappa shape index (κ1) is 14.7. The van der Waals surface area contributed by atoms with Crippen LogP contribution < -0.4 is 10.1 Å². The second-order valence-electron chi connectivity index (χ2n) is 4.68. The molecule has 0 aliphatic rings. The van der Waals surface area contributed by atoms with Crippen LogP contribution in [0.15, 0.2) is 57.4 Å². The van der Waals surface area contributed by atoms with E-state index < -0.39 is 0 Å². The maximum Gasteiger partial charge on any atom is 0.291 e. The lowest BCUT2D eigenvalue weighted by atomic mass is 10.2. The Morgan fingerprint density at radius 2 is 2.00 bits per heavy atom. The molecule has 0 spiro atoms. The van der Waals surface area contributed by atoms with E-state index in [2.05, 4.69) is 21.2 Å². The van der Waals surface area contributed by atoms with Crippen LogP contribution in [0.5, 0.6) is 5.75 Å². The van der Waals surface area contributed by atoms with Crippen LogP contribution in [0, 0.1) is 0 Å². The van der Waals surface area contributed by atoms with Gasteiger partial charge in [0.15, 0.2) is 5.76 Å². The van der Waals surface area contributed by atoms with E-state index in [1.807, 2.05) is 37.3 Å². The second-order valence-corrected chi connectivity index (χ2v) is 5.53.